The molecule has 2 rings (SSSR count). The molecule has 2 aliphatic heterocycles. The molecule has 1 spiro atoms. The lowest BCUT2D eigenvalue weighted by Crippen LogP contribution is -2.61. The number of carbonyl (C=O) groups is 1. The zero-order valence-electron chi connectivity index (χ0n) is 10.9. The van der Waals surface area contributed by atoms with Crippen LogP contribution in [0, 0.1) is 0 Å². The van der Waals surface area contributed by atoms with Gasteiger partial charge in [0.05, 0.1) is 18.8 Å². The van der Waals surface area contributed by atoms with E-state index in [-0.39, 0.29) is 11.6 Å². The molecule has 0 aromatic rings. The molecule has 5 heteroatoms. The maximum Gasteiger partial charge on any atom is 0.410 e. The molecule has 98 valence electrons. The second-order valence-corrected chi connectivity index (χ2v) is 5.84. The minimum absolute atomic E-state index is 0.194. The number of rotatable bonds is 0. The third-order valence-electron chi connectivity index (χ3n) is 3.24. The van der Waals surface area contributed by atoms with E-state index in [0.717, 1.165) is 19.5 Å². The van der Waals surface area contributed by atoms with Gasteiger partial charge in [-0.1, -0.05) is 0 Å². The van der Waals surface area contributed by atoms with Crippen LogP contribution in [0.2, 0.25) is 0 Å². The predicted molar refractivity (Wildman–Crippen MR) is 64.0 cm³/mol. The normalized spacial score (nSPS) is 29.7. The summed E-state index contributed by atoms with van der Waals surface area (Å²) in [6.45, 7) is 9.24. The summed E-state index contributed by atoms with van der Waals surface area (Å²) in [4.78, 5) is 14.0. The van der Waals surface area contributed by atoms with E-state index in [2.05, 4.69) is 5.32 Å². The van der Waals surface area contributed by atoms with Crippen LogP contribution in [-0.2, 0) is 9.47 Å². The lowest BCUT2D eigenvalue weighted by molar-refractivity contribution is -0.0677. The average Bonchev–Trinajstić information content (AvgIpc) is 2.65. The molecule has 2 saturated heterocycles. The van der Waals surface area contributed by atoms with Crippen molar-refractivity contribution in [1.29, 1.82) is 0 Å². The van der Waals surface area contributed by atoms with E-state index in [1.807, 2.05) is 25.7 Å². The van der Waals surface area contributed by atoms with Gasteiger partial charge in [-0.25, -0.2) is 4.79 Å². The topological polar surface area (TPSA) is 50.8 Å². The Balaban J connectivity index is 2.08. The van der Waals surface area contributed by atoms with Crippen molar-refractivity contribution < 1.29 is 14.3 Å². The molecule has 0 bridgehead atoms. The molecular formula is C12H22N2O3. The van der Waals surface area contributed by atoms with Gasteiger partial charge in [0.2, 0.25) is 0 Å². The standard InChI is InChI=1S/C12H22N2O3/c1-11(2,3)17-10(15)14-6-7-16-9-12(14)4-5-13-8-12/h13H,4-9H2,1-3H3. The highest BCUT2D eigenvalue weighted by Gasteiger charge is 2.45. The number of amides is 1. The zero-order chi connectivity index (χ0) is 12.5. The highest BCUT2D eigenvalue weighted by atomic mass is 16.6. The summed E-state index contributed by atoms with van der Waals surface area (Å²) in [5.41, 5.74) is -0.636. The van der Waals surface area contributed by atoms with E-state index in [9.17, 15) is 4.79 Å². The predicted octanol–water partition coefficient (Wildman–Crippen LogP) is 0.986. The summed E-state index contributed by atoms with van der Waals surface area (Å²) in [5, 5.41) is 3.30. The molecule has 0 radical (unpaired) electrons. The second kappa shape index (κ2) is 4.46. The molecule has 2 fully saturated rings. The first kappa shape index (κ1) is 12.6. The summed E-state index contributed by atoms with van der Waals surface area (Å²) < 4.78 is 11.0. The number of morpholine rings is 1. The lowest BCUT2D eigenvalue weighted by Gasteiger charge is -2.44. The van der Waals surface area contributed by atoms with Crippen LogP contribution < -0.4 is 5.32 Å². The second-order valence-electron chi connectivity index (χ2n) is 5.84. The van der Waals surface area contributed by atoms with Crippen LogP contribution >= 0.6 is 0 Å². The molecule has 0 aromatic heterocycles. The fourth-order valence-electron chi connectivity index (χ4n) is 2.42. The molecule has 2 heterocycles. The van der Waals surface area contributed by atoms with Crippen LogP contribution in [0.5, 0.6) is 0 Å². The van der Waals surface area contributed by atoms with E-state index in [1.54, 1.807) is 0 Å². The SMILES string of the molecule is CC(C)(C)OC(=O)N1CCOCC12CCNC2. The van der Waals surface area contributed by atoms with Crippen LogP contribution in [-0.4, -0.2) is 55.0 Å². The van der Waals surface area contributed by atoms with Crippen LogP contribution in [0.15, 0.2) is 0 Å². The molecule has 1 unspecified atom stereocenters. The summed E-state index contributed by atoms with van der Waals surface area (Å²) in [5.74, 6) is 0. The minimum atomic E-state index is -0.442. The number of hydrogen-bond acceptors (Lipinski definition) is 4. The van der Waals surface area contributed by atoms with E-state index in [0.29, 0.717) is 19.8 Å². The average molecular weight is 242 g/mol. The van der Waals surface area contributed by atoms with E-state index in [1.165, 1.54) is 0 Å². The van der Waals surface area contributed by atoms with Gasteiger partial charge >= 0.3 is 6.09 Å². The number of nitrogens with one attached hydrogen (secondary N) is 1. The van der Waals surface area contributed by atoms with Crippen molar-refractivity contribution in [3.05, 3.63) is 0 Å². The van der Waals surface area contributed by atoms with Crippen molar-refractivity contribution in [3.63, 3.8) is 0 Å². The lowest BCUT2D eigenvalue weighted by atomic mass is 9.96. The maximum atomic E-state index is 12.2. The Morgan fingerprint density at radius 3 is 2.82 bits per heavy atom. The molecule has 2 aliphatic rings. The van der Waals surface area contributed by atoms with E-state index >= 15 is 0 Å². The van der Waals surface area contributed by atoms with Crippen molar-refractivity contribution in [3.8, 4) is 0 Å². The fraction of sp³-hybridized carbons (Fsp3) is 0.917. The zero-order valence-corrected chi connectivity index (χ0v) is 10.9. The van der Waals surface area contributed by atoms with Gasteiger partial charge in [0.15, 0.2) is 0 Å². The molecular weight excluding hydrogens is 220 g/mol. The molecule has 1 N–H and O–H groups in total. The molecule has 0 aliphatic carbocycles. The van der Waals surface area contributed by atoms with Gasteiger partial charge in [0.25, 0.3) is 0 Å². The van der Waals surface area contributed by atoms with Crippen molar-refractivity contribution in [2.45, 2.75) is 38.3 Å². The van der Waals surface area contributed by atoms with Crippen LogP contribution in [0.25, 0.3) is 0 Å². The van der Waals surface area contributed by atoms with Gasteiger partial charge in [0.1, 0.15) is 5.60 Å². The van der Waals surface area contributed by atoms with Gasteiger partial charge in [-0.15, -0.1) is 0 Å². The first-order valence-corrected chi connectivity index (χ1v) is 6.22. The van der Waals surface area contributed by atoms with Crippen LogP contribution in [0.3, 0.4) is 0 Å². The molecule has 1 amide bonds. The number of carbonyl (C=O) groups excluding carboxylic acids is 1. The van der Waals surface area contributed by atoms with Gasteiger partial charge in [-0.3, -0.25) is 4.90 Å². The highest BCUT2D eigenvalue weighted by Crippen LogP contribution is 2.28. The Hall–Kier alpha value is -0.810. The third-order valence-corrected chi connectivity index (χ3v) is 3.24. The maximum absolute atomic E-state index is 12.2. The van der Waals surface area contributed by atoms with Crippen molar-refractivity contribution in [2.75, 3.05) is 32.8 Å². The smallest absolute Gasteiger partial charge is 0.410 e. The summed E-state index contributed by atoms with van der Waals surface area (Å²) in [6.07, 6.45) is 0.719. The molecule has 17 heavy (non-hydrogen) atoms. The van der Waals surface area contributed by atoms with Crippen molar-refractivity contribution in [1.82, 2.24) is 10.2 Å². The number of nitrogens with zero attached hydrogens (tertiary/aromatic N) is 1. The van der Waals surface area contributed by atoms with E-state index in [4.69, 9.17) is 9.47 Å². The quantitative estimate of drug-likeness (QED) is 0.688. The molecule has 0 saturated carbocycles. The van der Waals surface area contributed by atoms with Gasteiger partial charge in [-0.05, 0) is 33.7 Å². The van der Waals surface area contributed by atoms with Gasteiger partial charge in [0, 0.05) is 13.1 Å². The highest BCUT2D eigenvalue weighted by molar-refractivity contribution is 5.69. The Kier molecular flexibility index (Phi) is 3.32. The van der Waals surface area contributed by atoms with Crippen LogP contribution in [0.4, 0.5) is 4.79 Å². The molecule has 0 aromatic carbocycles. The first-order valence-electron chi connectivity index (χ1n) is 6.22. The largest absolute Gasteiger partial charge is 0.444 e. The third kappa shape index (κ3) is 2.72. The Labute approximate surface area is 102 Å². The Morgan fingerprint density at radius 1 is 1.47 bits per heavy atom. The fourth-order valence-corrected chi connectivity index (χ4v) is 2.42. The summed E-state index contributed by atoms with van der Waals surface area (Å²) in [7, 11) is 0. The van der Waals surface area contributed by atoms with Gasteiger partial charge < -0.3 is 14.8 Å². The summed E-state index contributed by atoms with van der Waals surface area (Å²) in [6, 6.07) is 0. The van der Waals surface area contributed by atoms with Crippen molar-refractivity contribution in [2.24, 2.45) is 0 Å². The first-order chi connectivity index (χ1) is 7.93. The van der Waals surface area contributed by atoms with Gasteiger partial charge in [-0.2, -0.15) is 0 Å². The van der Waals surface area contributed by atoms with E-state index < -0.39 is 5.60 Å². The molecule has 1 atom stereocenters. The monoisotopic (exact) mass is 242 g/mol. The molecule has 5 nitrogen and oxygen atoms in total. The summed E-state index contributed by atoms with van der Waals surface area (Å²) >= 11 is 0. The number of ether oxygens (including phenoxy) is 2. The number of hydrogen-bond donors (Lipinski definition) is 1. The Bertz CT molecular complexity index is 293. The Morgan fingerprint density at radius 2 is 2.24 bits per heavy atom. The van der Waals surface area contributed by atoms with Crippen molar-refractivity contribution >= 4 is 6.09 Å². The van der Waals surface area contributed by atoms with Crippen LogP contribution in [0.1, 0.15) is 27.2 Å². The minimum Gasteiger partial charge on any atom is -0.444 e.